The molecule has 0 N–H and O–H groups in total. The molecule has 0 atom stereocenters. The van der Waals surface area contributed by atoms with Crippen molar-refractivity contribution in [2.24, 2.45) is 0 Å². The normalized spacial score (nSPS) is 9.18. The second-order valence-corrected chi connectivity index (χ2v) is 3.11. The van der Waals surface area contributed by atoms with E-state index in [9.17, 15) is 0 Å². The molecule has 1 nitrogen and oxygen atoms in total. The van der Waals surface area contributed by atoms with Gasteiger partial charge in [-0.05, 0) is 24.8 Å². The molecule has 0 saturated carbocycles. The zero-order chi connectivity index (χ0) is 8.27. The van der Waals surface area contributed by atoms with E-state index in [4.69, 9.17) is 5.26 Å². The van der Waals surface area contributed by atoms with Gasteiger partial charge in [0.2, 0.25) is 0 Å². The number of thioether (sulfide) groups is 1. The Morgan fingerprint density at radius 1 is 1.45 bits per heavy atom. The Hall–Kier alpha value is -0.940. The van der Waals surface area contributed by atoms with E-state index in [1.54, 1.807) is 11.8 Å². The number of rotatable bonds is 1. The maximum atomic E-state index is 8.77. The summed E-state index contributed by atoms with van der Waals surface area (Å²) in [4.78, 5) is 1.06. The van der Waals surface area contributed by atoms with Crippen LogP contribution in [-0.4, -0.2) is 6.26 Å². The molecule has 0 aliphatic rings. The van der Waals surface area contributed by atoms with E-state index in [2.05, 4.69) is 6.07 Å². The van der Waals surface area contributed by atoms with E-state index in [0.29, 0.717) is 0 Å². The topological polar surface area (TPSA) is 23.8 Å². The lowest BCUT2D eigenvalue weighted by Crippen LogP contribution is -1.84. The monoisotopic (exact) mass is 163 g/mol. The van der Waals surface area contributed by atoms with E-state index >= 15 is 0 Å². The van der Waals surface area contributed by atoms with E-state index in [0.717, 1.165) is 16.0 Å². The van der Waals surface area contributed by atoms with Gasteiger partial charge in [0.15, 0.2) is 0 Å². The van der Waals surface area contributed by atoms with Crippen LogP contribution in [0.1, 0.15) is 11.1 Å². The summed E-state index contributed by atoms with van der Waals surface area (Å²) in [6.45, 7) is 1.96. The molecule has 56 valence electrons. The minimum atomic E-state index is 0.806. The SMILES string of the molecule is CSc1cccc(C)c1C#N. The van der Waals surface area contributed by atoms with Gasteiger partial charge in [0.05, 0.1) is 5.56 Å². The summed E-state index contributed by atoms with van der Waals surface area (Å²) >= 11 is 1.61. The first-order valence-corrected chi connectivity index (χ1v) is 4.55. The molecule has 0 aromatic heterocycles. The van der Waals surface area contributed by atoms with Crippen LogP contribution in [0.4, 0.5) is 0 Å². The Kier molecular flexibility index (Phi) is 2.56. The average Bonchev–Trinajstić information content (AvgIpc) is 2.04. The summed E-state index contributed by atoms with van der Waals surface area (Å²) in [6.07, 6.45) is 1.98. The Morgan fingerprint density at radius 3 is 2.64 bits per heavy atom. The molecular formula is C9H9NS. The fourth-order valence-electron chi connectivity index (χ4n) is 0.954. The zero-order valence-corrected chi connectivity index (χ0v) is 7.40. The van der Waals surface area contributed by atoms with Crippen LogP contribution in [0.3, 0.4) is 0 Å². The van der Waals surface area contributed by atoms with E-state index in [1.165, 1.54) is 0 Å². The Morgan fingerprint density at radius 2 is 2.18 bits per heavy atom. The standard InChI is InChI=1S/C9H9NS/c1-7-4-3-5-9(11-2)8(7)6-10/h3-5H,1-2H3. The summed E-state index contributed by atoms with van der Waals surface area (Å²) in [5, 5.41) is 8.77. The minimum Gasteiger partial charge on any atom is -0.192 e. The minimum absolute atomic E-state index is 0.806. The van der Waals surface area contributed by atoms with E-state index in [1.807, 2.05) is 31.4 Å². The molecule has 0 aliphatic heterocycles. The molecule has 0 amide bonds. The summed E-state index contributed by atoms with van der Waals surface area (Å²) in [5.74, 6) is 0. The number of hydrogen-bond acceptors (Lipinski definition) is 2. The number of hydrogen-bond donors (Lipinski definition) is 0. The van der Waals surface area contributed by atoms with E-state index < -0.39 is 0 Å². The van der Waals surface area contributed by atoms with Crippen LogP contribution in [0.2, 0.25) is 0 Å². The lowest BCUT2D eigenvalue weighted by Gasteiger charge is -2.01. The predicted octanol–water partition coefficient (Wildman–Crippen LogP) is 2.59. The molecule has 0 aliphatic carbocycles. The highest BCUT2D eigenvalue weighted by atomic mass is 32.2. The quantitative estimate of drug-likeness (QED) is 0.594. The molecule has 0 fully saturated rings. The second kappa shape index (κ2) is 3.45. The third-order valence-electron chi connectivity index (χ3n) is 1.57. The van der Waals surface area contributed by atoms with Gasteiger partial charge in [-0.25, -0.2) is 0 Å². The third kappa shape index (κ3) is 1.55. The predicted molar refractivity (Wildman–Crippen MR) is 47.7 cm³/mol. The van der Waals surface area contributed by atoms with E-state index in [-0.39, 0.29) is 0 Å². The van der Waals surface area contributed by atoms with Gasteiger partial charge in [-0.15, -0.1) is 11.8 Å². The van der Waals surface area contributed by atoms with Gasteiger partial charge in [-0.3, -0.25) is 0 Å². The highest BCUT2D eigenvalue weighted by molar-refractivity contribution is 7.98. The van der Waals surface area contributed by atoms with Crippen molar-refractivity contribution >= 4 is 11.8 Å². The molecule has 1 aromatic rings. The maximum Gasteiger partial charge on any atom is 0.101 e. The van der Waals surface area contributed by atoms with Crippen molar-refractivity contribution in [1.82, 2.24) is 0 Å². The van der Waals surface area contributed by atoms with Crippen LogP contribution in [0.15, 0.2) is 23.1 Å². The smallest absolute Gasteiger partial charge is 0.101 e. The van der Waals surface area contributed by atoms with Crippen molar-refractivity contribution in [3.05, 3.63) is 29.3 Å². The van der Waals surface area contributed by atoms with Crippen LogP contribution in [-0.2, 0) is 0 Å². The van der Waals surface area contributed by atoms with Crippen molar-refractivity contribution in [3.63, 3.8) is 0 Å². The van der Waals surface area contributed by atoms with Crippen LogP contribution in [0, 0.1) is 18.3 Å². The average molecular weight is 163 g/mol. The molecule has 1 aromatic carbocycles. The molecule has 2 heteroatoms. The Labute approximate surface area is 71.0 Å². The largest absolute Gasteiger partial charge is 0.192 e. The highest BCUT2D eigenvalue weighted by Crippen LogP contribution is 2.21. The summed E-state index contributed by atoms with van der Waals surface area (Å²) < 4.78 is 0. The first kappa shape index (κ1) is 8.16. The molecule has 0 radical (unpaired) electrons. The molecular weight excluding hydrogens is 154 g/mol. The number of aryl methyl sites for hydroxylation is 1. The molecule has 0 spiro atoms. The highest BCUT2D eigenvalue weighted by Gasteiger charge is 2.01. The maximum absolute atomic E-state index is 8.77. The zero-order valence-electron chi connectivity index (χ0n) is 6.59. The summed E-state index contributed by atoms with van der Waals surface area (Å²) in [7, 11) is 0. The first-order chi connectivity index (χ1) is 5.29. The Balaban J connectivity index is 3.27. The summed E-state index contributed by atoms with van der Waals surface area (Å²) in [5.41, 5.74) is 1.86. The van der Waals surface area contributed by atoms with Crippen molar-refractivity contribution in [2.75, 3.05) is 6.26 Å². The van der Waals surface area contributed by atoms with Crippen molar-refractivity contribution < 1.29 is 0 Å². The number of benzene rings is 1. The fraction of sp³-hybridized carbons (Fsp3) is 0.222. The van der Waals surface area contributed by atoms with Gasteiger partial charge >= 0.3 is 0 Å². The Bertz CT molecular complexity index is 299. The molecule has 0 saturated heterocycles. The van der Waals surface area contributed by atoms with Crippen LogP contribution >= 0.6 is 11.8 Å². The molecule has 0 unspecified atom stereocenters. The van der Waals surface area contributed by atoms with Crippen LogP contribution < -0.4 is 0 Å². The van der Waals surface area contributed by atoms with Gasteiger partial charge in [0.25, 0.3) is 0 Å². The molecule has 0 heterocycles. The van der Waals surface area contributed by atoms with Gasteiger partial charge in [0.1, 0.15) is 6.07 Å². The van der Waals surface area contributed by atoms with Gasteiger partial charge in [-0.2, -0.15) is 5.26 Å². The van der Waals surface area contributed by atoms with Crippen molar-refractivity contribution in [1.29, 1.82) is 5.26 Å². The number of nitriles is 1. The lowest BCUT2D eigenvalue weighted by atomic mass is 10.1. The molecule has 0 bridgehead atoms. The fourth-order valence-corrected chi connectivity index (χ4v) is 1.58. The van der Waals surface area contributed by atoms with Crippen molar-refractivity contribution in [3.8, 4) is 6.07 Å². The van der Waals surface area contributed by atoms with Crippen LogP contribution in [0.5, 0.6) is 0 Å². The van der Waals surface area contributed by atoms with Gasteiger partial charge in [0, 0.05) is 4.90 Å². The molecule has 1 rings (SSSR count). The summed E-state index contributed by atoms with van der Waals surface area (Å²) in [6, 6.07) is 8.09. The molecule has 11 heavy (non-hydrogen) atoms. The van der Waals surface area contributed by atoms with Gasteiger partial charge in [-0.1, -0.05) is 12.1 Å². The third-order valence-corrected chi connectivity index (χ3v) is 2.35. The van der Waals surface area contributed by atoms with Crippen LogP contribution in [0.25, 0.3) is 0 Å². The second-order valence-electron chi connectivity index (χ2n) is 2.26. The van der Waals surface area contributed by atoms with Gasteiger partial charge < -0.3 is 0 Å². The number of nitrogens with zero attached hydrogens (tertiary/aromatic N) is 1. The van der Waals surface area contributed by atoms with Crippen molar-refractivity contribution in [2.45, 2.75) is 11.8 Å². The first-order valence-electron chi connectivity index (χ1n) is 3.33. The lowest BCUT2D eigenvalue weighted by molar-refractivity contribution is 1.30.